The average molecular weight is 337 g/mol. The van der Waals surface area contributed by atoms with Gasteiger partial charge in [-0.25, -0.2) is 4.68 Å². The normalized spacial score (nSPS) is 17.3. The number of para-hydroxylation sites is 1. The third-order valence-electron chi connectivity index (χ3n) is 3.56. The van der Waals surface area contributed by atoms with E-state index in [1.54, 1.807) is 4.68 Å². The number of carbonyl (C=O) groups excluding carboxylic acids is 1. The first kappa shape index (κ1) is 17.5. The van der Waals surface area contributed by atoms with E-state index in [0.717, 1.165) is 24.5 Å². The van der Waals surface area contributed by atoms with Gasteiger partial charge in [-0.05, 0) is 18.2 Å². The summed E-state index contributed by atoms with van der Waals surface area (Å²) in [6, 6.07) is 11.9. The Morgan fingerprint density at radius 1 is 1.35 bits per heavy atom. The van der Waals surface area contributed by atoms with Crippen molar-refractivity contribution in [3.8, 4) is 5.69 Å². The third-order valence-corrected chi connectivity index (χ3v) is 3.56. The van der Waals surface area contributed by atoms with Gasteiger partial charge >= 0.3 is 0 Å². The van der Waals surface area contributed by atoms with Crippen LogP contribution in [0.2, 0.25) is 0 Å². The maximum Gasteiger partial charge on any atom is 0.221 e. The van der Waals surface area contributed by atoms with Crippen LogP contribution in [0, 0.1) is 0 Å². The Hall–Kier alpha value is -1.89. The lowest BCUT2D eigenvalue weighted by molar-refractivity contribution is -0.122. The highest BCUT2D eigenvalue weighted by Gasteiger charge is 2.16. The molecule has 0 bridgehead atoms. The molecule has 1 aromatic heterocycles. The summed E-state index contributed by atoms with van der Waals surface area (Å²) in [6.45, 7) is 2.55. The van der Waals surface area contributed by atoms with E-state index in [1.807, 2.05) is 42.6 Å². The van der Waals surface area contributed by atoms with E-state index in [0.29, 0.717) is 19.6 Å². The van der Waals surface area contributed by atoms with E-state index in [-0.39, 0.29) is 24.4 Å². The molecule has 1 unspecified atom stereocenters. The number of aromatic nitrogens is 2. The van der Waals surface area contributed by atoms with Crippen molar-refractivity contribution < 1.29 is 9.53 Å². The second kappa shape index (κ2) is 8.67. The van der Waals surface area contributed by atoms with Crippen molar-refractivity contribution in [1.82, 2.24) is 20.4 Å². The van der Waals surface area contributed by atoms with Crippen molar-refractivity contribution in [1.29, 1.82) is 0 Å². The lowest BCUT2D eigenvalue weighted by Crippen LogP contribution is -2.44. The zero-order valence-electron chi connectivity index (χ0n) is 12.8. The molecule has 1 aromatic carbocycles. The summed E-state index contributed by atoms with van der Waals surface area (Å²) in [4.78, 5) is 11.9. The molecule has 7 heteroatoms. The van der Waals surface area contributed by atoms with Crippen molar-refractivity contribution in [2.24, 2.45) is 0 Å². The molecule has 1 atom stereocenters. The minimum atomic E-state index is 0. The monoisotopic (exact) mass is 336 g/mol. The lowest BCUT2D eigenvalue weighted by atomic mass is 10.2. The van der Waals surface area contributed by atoms with Gasteiger partial charge in [-0.15, -0.1) is 12.4 Å². The number of carbonyl (C=O) groups is 1. The van der Waals surface area contributed by atoms with E-state index < -0.39 is 0 Å². The van der Waals surface area contributed by atoms with Gasteiger partial charge in [0, 0.05) is 25.2 Å². The molecule has 0 saturated carbocycles. The van der Waals surface area contributed by atoms with Crippen LogP contribution in [-0.4, -0.2) is 41.5 Å². The van der Waals surface area contributed by atoms with Crippen LogP contribution in [0.15, 0.2) is 42.6 Å². The number of ether oxygens (including phenoxy) is 1. The van der Waals surface area contributed by atoms with Gasteiger partial charge in [-0.1, -0.05) is 18.2 Å². The van der Waals surface area contributed by atoms with Crippen LogP contribution in [0.1, 0.15) is 12.1 Å². The summed E-state index contributed by atoms with van der Waals surface area (Å²) in [5, 5.41) is 10.6. The van der Waals surface area contributed by atoms with Crippen molar-refractivity contribution >= 4 is 18.3 Å². The molecule has 1 saturated heterocycles. The van der Waals surface area contributed by atoms with Crippen LogP contribution in [0.25, 0.3) is 5.69 Å². The maximum absolute atomic E-state index is 11.9. The van der Waals surface area contributed by atoms with E-state index in [1.165, 1.54) is 0 Å². The van der Waals surface area contributed by atoms with Crippen LogP contribution in [0.5, 0.6) is 0 Å². The highest BCUT2D eigenvalue weighted by molar-refractivity contribution is 5.85. The third kappa shape index (κ3) is 5.06. The van der Waals surface area contributed by atoms with Crippen LogP contribution >= 0.6 is 12.4 Å². The molecule has 1 amide bonds. The first-order chi connectivity index (χ1) is 10.8. The second-order valence-corrected chi connectivity index (χ2v) is 5.29. The fourth-order valence-electron chi connectivity index (χ4n) is 2.42. The number of nitrogens with one attached hydrogen (secondary N) is 2. The van der Waals surface area contributed by atoms with Crippen molar-refractivity contribution in [3.05, 3.63) is 48.3 Å². The number of rotatable bonds is 5. The average Bonchev–Trinajstić information content (AvgIpc) is 3.04. The zero-order valence-corrected chi connectivity index (χ0v) is 13.6. The maximum atomic E-state index is 11.9. The number of nitrogens with zero attached hydrogens (tertiary/aromatic N) is 2. The van der Waals surface area contributed by atoms with Gasteiger partial charge in [0.25, 0.3) is 0 Å². The summed E-state index contributed by atoms with van der Waals surface area (Å²) in [5.74, 6) is 0.0114. The molecular weight excluding hydrogens is 316 g/mol. The summed E-state index contributed by atoms with van der Waals surface area (Å²) in [7, 11) is 0. The molecular formula is C16H21ClN4O2. The van der Waals surface area contributed by atoms with Gasteiger partial charge < -0.3 is 15.4 Å². The van der Waals surface area contributed by atoms with Gasteiger partial charge in [-0.2, -0.15) is 5.10 Å². The van der Waals surface area contributed by atoms with Crippen molar-refractivity contribution in [2.75, 3.05) is 19.8 Å². The predicted octanol–water partition coefficient (Wildman–Crippen LogP) is 1.29. The standard InChI is InChI=1S/C16H20N4O2.ClH/c21-16(10-14-12-22-9-7-17-14)18-11-13-6-8-20(19-13)15-4-2-1-3-5-15;/h1-6,8,14,17H,7,9-12H2,(H,18,21);1H. The van der Waals surface area contributed by atoms with E-state index in [2.05, 4.69) is 15.7 Å². The number of benzene rings is 1. The smallest absolute Gasteiger partial charge is 0.221 e. The largest absolute Gasteiger partial charge is 0.378 e. The lowest BCUT2D eigenvalue weighted by Gasteiger charge is -2.23. The molecule has 23 heavy (non-hydrogen) atoms. The molecule has 2 N–H and O–H groups in total. The Morgan fingerprint density at radius 3 is 2.91 bits per heavy atom. The fraction of sp³-hybridized carbons (Fsp3) is 0.375. The summed E-state index contributed by atoms with van der Waals surface area (Å²) >= 11 is 0. The minimum Gasteiger partial charge on any atom is -0.378 e. The van der Waals surface area contributed by atoms with Gasteiger partial charge in [0.15, 0.2) is 0 Å². The van der Waals surface area contributed by atoms with E-state index in [9.17, 15) is 4.79 Å². The quantitative estimate of drug-likeness (QED) is 0.863. The fourth-order valence-corrected chi connectivity index (χ4v) is 2.42. The zero-order chi connectivity index (χ0) is 15.2. The molecule has 0 spiro atoms. The first-order valence-electron chi connectivity index (χ1n) is 7.49. The summed E-state index contributed by atoms with van der Waals surface area (Å²) in [5.41, 5.74) is 1.84. The van der Waals surface area contributed by atoms with Gasteiger partial charge in [0.2, 0.25) is 5.91 Å². The summed E-state index contributed by atoms with van der Waals surface area (Å²) < 4.78 is 7.14. The number of morpholine rings is 1. The molecule has 1 aliphatic heterocycles. The SMILES string of the molecule is Cl.O=C(CC1COCCN1)NCc1ccn(-c2ccccc2)n1. The number of hydrogen-bond donors (Lipinski definition) is 2. The Morgan fingerprint density at radius 2 is 2.17 bits per heavy atom. The van der Waals surface area contributed by atoms with Gasteiger partial charge in [0.1, 0.15) is 0 Å². The van der Waals surface area contributed by atoms with E-state index in [4.69, 9.17) is 4.74 Å². The highest BCUT2D eigenvalue weighted by atomic mass is 35.5. The Bertz CT molecular complexity index is 612. The Kier molecular flexibility index (Phi) is 6.58. The van der Waals surface area contributed by atoms with Gasteiger partial charge in [-0.3, -0.25) is 4.79 Å². The first-order valence-corrected chi connectivity index (χ1v) is 7.49. The molecule has 2 aromatic rings. The second-order valence-electron chi connectivity index (χ2n) is 5.29. The molecule has 3 rings (SSSR count). The van der Waals surface area contributed by atoms with Crippen molar-refractivity contribution in [3.63, 3.8) is 0 Å². The Labute approximate surface area is 141 Å². The predicted molar refractivity (Wildman–Crippen MR) is 89.9 cm³/mol. The molecule has 1 fully saturated rings. The number of halogens is 1. The molecule has 0 radical (unpaired) electrons. The number of hydrogen-bond acceptors (Lipinski definition) is 4. The van der Waals surface area contributed by atoms with E-state index >= 15 is 0 Å². The van der Waals surface area contributed by atoms with Crippen LogP contribution in [0.3, 0.4) is 0 Å². The van der Waals surface area contributed by atoms with Crippen molar-refractivity contribution in [2.45, 2.75) is 19.0 Å². The number of amides is 1. The highest BCUT2D eigenvalue weighted by Crippen LogP contribution is 2.07. The van der Waals surface area contributed by atoms with Crippen LogP contribution in [-0.2, 0) is 16.1 Å². The molecule has 0 aliphatic carbocycles. The van der Waals surface area contributed by atoms with Crippen LogP contribution in [0.4, 0.5) is 0 Å². The minimum absolute atomic E-state index is 0. The molecule has 2 heterocycles. The molecule has 6 nitrogen and oxygen atoms in total. The van der Waals surface area contributed by atoms with Gasteiger partial charge in [0.05, 0.1) is 31.1 Å². The Balaban J connectivity index is 0.00000192. The van der Waals surface area contributed by atoms with Crippen LogP contribution < -0.4 is 10.6 Å². The topological polar surface area (TPSA) is 68.2 Å². The molecule has 1 aliphatic rings. The summed E-state index contributed by atoms with van der Waals surface area (Å²) in [6.07, 6.45) is 2.33. The molecule has 124 valence electrons.